The summed E-state index contributed by atoms with van der Waals surface area (Å²) in [5.41, 5.74) is 1.99. The van der Waals surface area contributed by atoms with Gasteiger partial charge in [-0.1, -0.05) is 39.1 Å². The van der Waals surface area contributed by atoms with E-state index in [1.54, 1.807) is 49.4 Å². The van der Waals surface area contributed by atoms with Crippen LogP contribution in [0.2, 0.25) is 10.0 Å². The molecule has 0 aliphatic carbocycles. The van der Waals surface area contributed by atoms with Crippen molar-refractivity contribution < 1.29 is 9.90 Å². The van der Waals surface area contributed by atoms with Crippen molar-refractivity contribution in [3.63, 3.8) is 0 Å². The maximum Gasteiger partial charge on any atom is 0.280 e. The molecular formula is C17H11BrCl2N2O2. The molecule has 0 aromatic heterocycles. The van der Waals surface area contributed by atoms with Gasteiger partial charge in [-0.3, -0.25) is 4.79 Å². The number of anilines is 1. The molecule has 0 unspecified atom stereocenters. The summed E-state index contributed by atoms with van der Waals surface area (Å²) in [5, 5.41) is 16.2. The highest BCUT2D eigenvalue weighted by Gasteiger charge is 2.29. The summed E-state index contributed by atoms with van der Waals surface area (Å²) in [6.07, 6.45) is 1.61. The topological polar surface area (TPSA) is 52.9 Å². The summed E-state index contributed by atoms with van der Waals surface area (Å²) in [6.45, 7) is 1.73. The Labute approximate surface area is 157 Å². The molecule has 2 aromatic carbocycles. The molecule has 2 aromatic rings. The fraction of sp³-hybridized carbons (Fsp3) is 0.0588. The van der Waals surface area contributed by atoms with Crippen molar-refractivity contribution in [3.05, 3.63) is 62.1 Å². The number of hydrogen-bond donors (Lipinski definition) is 1. The van der Waals surface area contributed by atoms with Gasteiger partial charge in [-0.15, -0.1) is 0 Å². The normalized spacial score (nSPS) is 16.0. The van der Waals surface area contributed by atoms with Crippen LogP contribution in [-0.4, -0.2) is 16.7 Å². The van der Waals surface area contributed by atoms with Crippen LogP contribution in [0, 0.1) is 0 Å². The summed E-state index contributed by atoms with van der Waals surface area (Å²) in [7, 11) is 0. The number of aromatic hydroxyl groups is 1. The fourth-order valence-corrected chi connectivity index (χ4v) is 2.94. The minimum absolute atomic E-state index is 0.0827. The Bertz CT molecular complexity index is 909. The van der Waals surface area contributed by atoms with E-state index in [1.807, 2.05) is 0 Å². The molecule has 1 aliphatic heterocycles. The number of hydrogen-bond acceptors (Lipinski definition) is 3. The number of carbonyl (C=O) groups excluding carboxylic acids is 1. The van der Waals surface area contributed by atoms with Crippen LogP contribution in [0.1, 0.15) is 12.5 Å². The molecule has 24 heavy (non-hydrogen) atoms. The Morgan fingerprint density at radius 1 is 1.17 bits per heavy atom. The van der Waals surface area contributed by atoms with Crippen molar-refractivity contribution >= 4 is 62.5 Å². The molecule has 4 nitrogen and oxygen atoms in total. The van der Waals surface area contributed by atoms with Gasteiger partial charge in [0.2, 0.25) is 0 Å². The van der Waals surface area contributed by atoms with Crippen molar-refractivity contribution in [3.8, 4) is 5.75 Å². The number of phenolic OH excluding ortho intramolecular Hbond substituents is 1. The highest BCUT2D eigenvalue weighted by molar-refractivity contribution is 9.10. The summed E-state index contributed by atoms with van der Waals surface area (Å²) >= 11 is 15.3. The molecule has 0 spiro atoms. The quantitative estimate of drug-likeness (QED) is 0.666. The van der Waals surface area contributed by atoms with E-state index in [-0.39, 0.29) is 11.7 Å². The Morgan fingerprint density at radius 2 is 1.92 bits per heavy atom. The molecule has 3 rings (SSSR count). The fourth-order valence-electron chi connectivity index (χ4n) is 2.27. The van der Waals surface area contributed by atoms with Crippen LogP contribution in [-0.2, 0) is 4.79 Å². The van der Waals surface area contributed by atoms with Crippen molar-refractivity contribution in [1.29, 1.82) is 0 Å². The zero-order valence-electron chi connectivity index (χ0n) is 12.4. The standard InChI is InChI=1S/C17H11BrCl2N2O2/c1-9-13(7-10-6-11(18)2-5-16(10)23)17(24)22(21-9)12-3-4-14(19)15(20)8-12/h2-8,23H,1H3/b13-7+. The molecule has 0 radical (unpaired) electrons. The number of rotatable bonds is 2. The van der Waals surface area contributed by atoms with Crippen LogP contribution in [0.25, 0.3) is 6.08 Å². The van der Waals surface area contributed by atoms with Crippen LogP contribution in [0.5, 0.6) is 5.75 Å². The third kappa shape index (κ3) is 3.20. The van der Waals surface area contributed by atoms with E-state index in [1.165, 1.54) is 5.01 Å². The first kappa shape index (κ1) is 17.0. The minimum atomic E-state index is -0.301. The first-order valence-electron chi connectivity index (χ1n) is 6.92. The van der Waals surface area contributed by atoms with Crippen LogP contribution in [0.15, 0.2) is 51.5 Å². The predicted molar refractivity (Wildman–Crippen MR) is 101 cm³/mol. The molecule has 0 saturated heterocycles. The van der Waals surface area contributed by atoms with E-state index in [2.05, 4.69) is 21.0 Å². The number of hydrazone groups is 1. The Balaban J connectivity index is 2.00. The predicted octanol–water partition coefficient (Wildman–Crippen LogP) is 5.27. The largest absolute Gasteiger partial charge is 0.507 e. The zero-order valence-corrected chi connectivity index (χ0v) is 15.5. The SMILES string of the molecule is CC1=NN(c2ccc(Cl)c(Cl)c2)C(=O)/C1=C/c1cc(Br)ccc1O. The van der Waals surface area contributed by atoms with Gasteiger partial charge in [-0.05, 0) is 49.4 Å². The van der Waals surface area contributed by atoms with E-state index in [9.17, 15) is 9.90 Å². The second-order valence-electron chi connectivity index (χ2n) is 5.16. The molecule has 122 valence electrons. The van der Waals surface area contributed by atoms with Crippen LogP contribution >= 0.6 is 39.1 Å². The average molecular weight is 426 g/mol. The minimum Gasteiger partial charge on any atom is -0.507 e. The molecule has 1 amide bonds. The maximum atomic E-state index is 12.7. The van der Waals surface area contributed by atoms with E-state index >= 15 is 0 Å². The van der Waals surface area contributed by atoms with E-state index in [0.717, 1.165) is 4.47 Å². The van der Waals surface area contributed by atoms with Gasteiger partial charge < -0.3 is 5.11 Å². The lowest BCUT2D eigenvalue weighted by Crippen LogP contribution is -2.21. The second-order valence-corrected chi connectivity index (χ2v) is 6.89. The Kier molecular flexibility index (Phi) is 4.67. The summed E-state index contributed by atoms with van der Waals surface area (Å²) in [6, 6.07) is 9.86. The van der Waals surface area contributed by atoms with Gasteiger partial charge in [0.25, 0.3) is 5.91 Å². The molecule has 1 aliphatic rings. The smallest absolute Gasteiger partial charge is 0.280 e. The summed E-state index contributed by atoms with van der Waals surface area (Å²) in [5.74, 6) is -0.218. The van der Waals surface area contributed by atoms with E-state index in [4.69, 9.17) is 23.2 Å². The van der Waals surface area contributed by atoms with Crippen molar-refractivity contribution in [2.24, 2.45) is 5.10 Å². The number of nitrogens with zero attached hydrogens (tertiary/aromatic N) is 2. The van der Waals surface area contributed by atoms with E-state index < -0.39 is 0 Å². The molecule has 1 heterocycles. The maximum absolute atomic E-state index is 12.7. The third-order valence-corrected chi connectivity index (χ3v) is 4.73. The number of carbonyl (C=O) groups is 1. The summed E-state index contributed by atoms with van der Waals surface area (Å²) < 4.78 is 0.800. The van der Waals surface area contributed by atoms with Gasteiger partial charge >= 0.3 is 0 Å². The number of benzene rings is 2. The highest BCUT2D eigenvalue weighted by atomic mass is 79.9. The van der Waals surface area contributed by atoms with Crippen molar-refractivity contribution in [2.45, 2.75) is 6.92 Å². The van der Waals surface area contributed by atoms with Gasteiger partial charge in [-0.25, -0.2) is 0 Å². The first-order valence-corrected chi connectivity index (χ1v) is 8.47. The molecular weight excluding hydrogens is 415 g/mol. The number of amides is 1. The molecule has 0 fully saturated rings. The monoisotopic (exact) mass is 424 g/mol. The van der Waals surface area contributed by atoms with Crippen molar-refractivity contribution in [1.82, 2.24) is 0 Å². The zero-order chi connectivity index (χ0) is 17.4. The molecule has 7 heteroatoms. The highest BCUT2D eigenvalue weighted by Crippen LogP contribution is 2.32. The van der Waals surface area contributed by atoms with Gasteiger partial charge in [0, 0.05) is 10.0 Å². The van der Waals surface area contributed by atoms with Gasteiger partial charge in [0.1, 0.15) is 5.75 Å². The Morgan fingerprint density at radius 3 is 2.62 bits per heavy atom. The number of halogens is 3. The van der Waals surface area contributed by atoms with Crippen LogP contribution in [0.4, 0.5) is 5.69 Å². The first-order chi connectivity index (χ1) is 11.4. The molecule has 0 atom stereocenters. The third-order valence-electron chi connectivity index (χ3n) is 3.50. The lowest BCUT2D eigenvalue weighted by Gasteiger charge is -2.12. The van der Waals surface area contributed by atoms with Gasteiger partial charge in [0.15, 0.2) is 0 Å². The summed E-state index contributed by atoms with van der Waals surface area (Å²) in [4.78, 5) is 12.7. The molecule has 0 bridgehead atoms. The molecule has 1 N–H and O–H groups in total. The number of phenols is 1. The van der Waals surface area contributed by atoms with Crippen LogP contribution < -0.4 is 5.01 Å². The second kappa shape index (κ2) is 6.59. The average Bonchev–Trinajstić information content (AvgIpc) is 2.81. The molecule has 0 saturated carbocycles. The van der Waals surface area contributed by atoms with Gasteiger partial charge in [0.05, 0.1) is 27.0 Å². The van der Waals surface area contributed by atoms with Gasteiger partial charge in [-0.2, -0.15) is 10.1 Å². The Hall–Kier alpha value is -1.82. The van der Waals surface area contributed by atoms with Crippen molar-refractivity contribution in [2.75, 3.05) is 5.01 Å². The van der Waals surface area contributed by atoms with Crippen LogP contribution in [0.3, 0.4) is 0 Å². The lowest BCUT2D eigenvalue weighted by molar-refractivity contribution is -0.114. The lowest BCUT2D eigenvalue weighted by atomic mass is 10.1. The van der Waals surface area contributed by atoms with E-state index in [0.29, 0.717) is 32.6 Å².